The van der Waals surface area contributed by atoms with E-state index >= 15 is 0 Å². The Labute approximate surface area is 90.5 Å². The fourth-order valence-electron chi connectivity index (χ4n) is 1.22. The zero-order valence-corrected chi connectivity index (χ0v) is 9.53. The standard InChI is InChI=1S/C10H18N4O/c1-11-9-7-12-8-10(13-9)14(2)5-4-6-15-3/h7-8H,4-6H2,1-3H3,(H,11,13). The average Bonchev–Trinajstić information content (AvgIpc) is 2.29. The number of methoxy groups -OCH3 is 1. The lowest BCUT2D eigenvalue weighted by atomic mass is 10.4. The summed E-state index contributed by atoms with van der Waals surface area (Å²) in [6, 6.07) is 0. The highest BCUT2D eigenvalue weighted by Crippen LogP contribution is 2.10. The topological polar surface area (TPSA) is 50.3 Å². The predicted octanol–water partition coefficient (Wildman–Crippen LogP) is 0.991. The number of aromatic nitrogens is 2. The van der Waals surface area contributed by atoms with Crippen molar-refractivity contribution in [3.8, 4) is 0 Å². The Morgan fingerprint density at radius 2 is 2.27 bits per heavy atom. The first-order chi connectivity index (χ1) is 7.27. The lowest BCUT2D eigenvalue weighted by molar-refractivity contribution is 0.196. The zero-order valence-electron chi connectivity index (χ0n) is 9.53. The van der Waals surface area contributed by atoms with Crippen LogP contribution < -0.4 is 10.2 Å². The van der Waals surface area contributed by atoms with Crippen LogP contribution in [0.5, 0.6) is 0 Å². The normalized spacial score (nSPS) is 10.1. The van der Waals surface area contributed by atoms with Gasteiger partial charge in [-0.3, -0.25) is 4.98 Å². The van der Waals surface area contributed by atoms with Crippen molar-refractivity contribution in [2.45, 2.75) is 6.42 Å². The highest BCUT2D eigenvalue weighted by atomic mass is 16.5. The first-order valence-electron chi connectivity index (χ1n) is 4.97. The van der Waals surface area contributed by atoms with Gasteiger partial charge in [-0.05, 0) is 6.42 Å². The summed E-state index contributed by atoms with van der Waals surface area (Å²) in [7, 11) is 5.54. The van der Waals surface area contributed by atoms with Crippen LogP contribution in [0.4, 0.5) is 11.6 Å². The molecule has 15 heavy (non-hydrogen) atoms. The van der Waals surface area contributed by atoms with Gasteiger partial charge < -0.3 is 15.0 Å². The van der Waals surface area contributed by atoms with Crippen LogP contribution in [0.1, 0.15) is 6.42 Å². The SMILES string of the molecule is CNc1cncc(N(C)CCCOC)n1. The molecular formula is C10H18N4O. The molecule has 1 heterocycles. The Hall–Kier alpha value is -1.36. The second-order valence-corrected chi connectivity index (χ2v) is 3.28. The molecule has 5 nitrogen and oxygen atoms in total. The van der Waals surface area contributed by atoms with E-state index in [0.717, 1.165) is 31.2 Å². The van der Waals surface area contributed by atoms with Gasteiger partial charge in [0.25, 0.3) is 0 Å². The van der Waals surface area contributed by atoms with Crippen LogP contribution in [0.15, 0.2) is 12.4 Å². The third-order valence-corrected chi connectivity index (χ3v) is 2.11. The van der Waals surface area contributed by atoms with Crippen molar-refractivity contribution in [3.63, 3.8) is 0 Å². The van der Waals surface area contributed by atoms with Gasteiger partial charge in [0.05, 0.1) is 12.4 Å². The minimum atomic E-state index is 0.767. The minimum absolute atomic E-state index is 0.767. The third kappa shape index (κ3) is 3.71. The molecule has 0 aliphatic carbocycles. The first kappa shape index (κ1) is 11.7. The summed E-state index contributed by atoms with van der Waals surface area (Å²) in [5, 5.41) is 2.96. The van der Waals surface area contributed by atoms with E-state index in [4.69, 9.17) is 4.74 Å². The largest absolute Gasteiger partial charge is 0.385 e. The van der Waals surface area contributed by atoms with Crippen LogP contribution in [0.25, 0.3) is 0 Å². The van der Waals surface area contributed by atoms with Gasteiger partial charge in [-0.25, -0.2) is 4.98 Å². The molecule has 0 saturated heterocycles. The Morgan fingerprint density at radius 3 is 2.93 bits per heavy atom. The highest BCUT2D eigenvalue weighted by Gasteiger charge is 2.03. The summed E-state index contributed by atoms with van der Waals surface area (Å²) in [5.74, 6) is 1.66. The molecule has 0 bridgehead atoms. The maximum atomic E-state index is 5.00. The van der Waals surface area contributed by atoms with Gasteiger partial charge in [-0.15, -0.1) is 0 Å². The van der Waals surface area contributed by atoms with Crippen molar-refractivity contribution in [1.82, 2.24) is 9.97 Å². The average molecular weight is 210 g/mol. The van der Waals surface area contributed by atoms with Crippen LogP contribution in [-0.4, -0.2) is 44.3 Å². The Kier molecular flexibility index (Phi) is 4.83. The molecular weight excluding hydrogens is 192 g/mol. The van der Waals surface area contributed by atoms with E-state index in [1.807, 2.05) is 14.1 Å². The summed E-state index contributed by atoms with van der Waals surface area (Å²) in [6.07, 6.45) is 4.44. The summed E-state index contributed by atoms with van der Waals surface area (Å²) < 4.78 is 5.00. The Morgan fingerprint density at radius 1 is 1.47 bits per heavy atom. The van der Waals surface area contributed by atoms with E-state index in [1.54, 1.807) is 19.5 Å². The van der Waals surface area contributed by atoms with Gasteiger partial charge in [-0.2, -0.15) is 0 Å². The molecule has 0 atom stereocenters. The van der Waals surface area contributed by atoms with E-state index in [-0.39, 0.29) is 0 Å². The van der Waals surface area contributed by atoms with Gasteiger partial charge in [0.2, 0.25) is 0 Å². The summed E-state index contributed by atoms with van der Waals surface area (Å²) in [6.45, 7) is 1.68. The van der Waals surface area contributed by atoms with Crippen LogP contribution >= 0.6 is 0 Å². The lowest BCUT2D eigenvalue weighted by Crippen LogP contribution is -2.21. The van der Waals surface area contributed by atoms with Crippen molar-refractivity contribution in [3.05, 3.63) is 12.4 Å². The fourth-order valence-corrected chi connectivity index (χ4v) is 1.22. The number of nitrogens with zero attached hydrogens (tertiary/aromatic N) is 3. The van der Waals surface area contributed by atoms with E-state index in [9.17, 15) is 0 Å². The molecule has 1 rings (SSSR count). The predicted molar refractivity (Wildman–Crippen MR) is 61.3 cm³/mol. The molecule has 5 heteroatoms. The molecule has 84 valence electrons. The van der Waals surface area contributed by atoms with Crippen LogP contribution in [0.2, 0.25) is 0 Å². The minimum Gasteiger partial charge on any atom is -0.385 e. The van der Waals surface area contributed by atoms with Crippen molar-refractivity contribution in [2.75, 3.05) is 44.6 Å². The molecule has 0 radical (unpaired) electrons. The maximum Gasteiger partial charge on any atom is 0.149 e. The van der Waals surface area contributed by atoms with Crippen molar-refractivity contribution < 1.29 is 4.74 Å². The second-order valence-electron chi connectivity index (χ2n) is 3.28. The fraction of sp³-hybridized carbons (Fsp3) is 0.600. The molecule has 1 N–H and O–H groups in total. The number of hydrogen-bond donors (Lipinski definition) is 1. The van der Waals surface area contributed by atoms with Gasteiger partial charge in [0.1, 0.15) is 11.6 Å². The number of ether oxygens (including phenoxy) is 1. The smallest absolute Gasteiger partial charge is 0.149 e. The molecule has 0 fully saturated rings. The van der Waals surface area contributed by atoms with E-state index in [1.165, 1.54) is 0 Å². The lowest BCUT2D eigenvalue weighted by Gasteiger charge is -2.17. The number of nitrogens with one attached hydrogen (secondary N) is 1. The zero-order chi connectivity index (χ0) is 11.1. The van der Waals surface area contributed by atoms with Crippen LogP contribution in [-0.2, 0) is 4.74 Å². The van der Waals surface area contributed by atoms with Crippen LogP contribution in [0, 0.1) is 0 Å². The van der Waals surface area contributed by atoms with E-state index in [2.05, 4.69) is 20.2 Å². The molecule has 0 aliphatic rings. The molecule has 1 aromatic rings. The molecule has 1 aromatic heterocycles. The molecule has 0 amide bonds. The monoisotopic (exact) mass is 210 g/mol. The van der Waals surface area contributed by atoms with Crippen molar-refractivity contribution >= 4 is 11.6 Å². The Balaban J connectivity index is 2.52. The van der Waals surface area contributed by atoms with Gasteiger partial charge in [0, 0.05) is 34.4 Å². The molecule has 0 spiro atoms. The quantitative estimate of drug-likeness (QED) is 0.710. The molecule has 0 unspecified atom stereocenters. The third-order valence-electron chi connectivity index (χ3n) is 2.11. The summed E-state index contributed by atoms with van der Waals surface area (Å²) in [5.41, 5.74) is 0. The van der Waals surface area contributed by atoms with Crippen molar-refractivity contribution in [2.24, 2.45) is 0 Å². The summed E-state index contributed by atoms with van der Waals surface area (Å²) >= 11 is 0. The van der Waals surface area contributed by atoms with E-state index in [0.29, 0.717) is 0 Å². The molecule has 0 aromatic carbocycles. The molecule has 0 aliphatic heterocycles. The second kappa shape index (κ2) is 6.19. The molecule has 0 saturated carbocycles. The highest BCUT2D eigenvalue weighted by molar-refractivity contribution is 5.42. The van der Waals surface area contributed by atoms with Gasteiger partial charge >= 0.3 is 0 Å². The van der Waals surface area contributed by atoms with E-state index < -0.39 is 0 Å². The number of anilines is 2. The van der Waals surface area contributed by atoms with Gasteiger partial charge in [0.15, 0.2) is 0 Å². The van der Waals surface area contributed by atoms with Crippen molar-refractivity contribution in [1.29, 1.82) is 0 Å². The first-order valence-corrected chi connectivity index (χ1v) is 4.97. The number of hydrogen-bond acceptors (Lipinski definition) is 5. The van der Waals surface area contributed by atoms with Crippen LogP contribution in [0.3, 0.4) is 0 Å². The summed E-state index contributed by atoms with van der Waals surface area (Å²) in [4.78, 5) is 10.6. The Bertz CT molecular complexity index is 293. The van der Waals surface area contributed by atoms with Gasteiger partial charge in [-0.1, -0.05) is 0 Å². The maximum absolute atomic E-state index is 5.00. The number of rotatable bonds is 6.